The van der Waals surface area contributed by atoms with Crippen LogP contribution in [0.15, 0.2) is 46.9 Å². The molecule has 3 rings (SSSR count). The summed E-state index contributed by atoms with van der Waals surface area (Å²) in [6, 6.07) is 13.7. The molecule has 150 valence electrons. The Kier molecular flexibility index (Phi) is 7.34. The van der Waals surface area contributed by atoms with E-state index in [0.29, 0.717) is 17.9 Å². The number of benzene rings is 2. The molecule has 1 amide bonds. The van der Waals surface area contributed by atoms with Crippen LogP contribution in [0.25, 0.3) is 0 Å². The molecule has 0 unspecified atom stereocenters. The zero-order chi connectivity index (χ0) is 19.9. The number of carbonyl (C=O) groups excluding carboxylic acids is 1. The lowest BCUT2D eigenvalue weighted by molar-refractivity contribution is 0.0923. The maximum atomic E-state index is 12.8. The summed E-state index contributed by atoms with van der Waals surface area (Å²) < 4.78 is 11.3. The second-order valence-electron chi connectivity index (χ2n) is 6.94. The minimum atomic E-state index is -0.110. The average molecular weight is 447 g/mol. The summed E-state index contributed by atoms with van der Waals surface area (Å²) in [5.74, 6) is 1.39. The first-order chi connectivity index (χ1) is 13.6. The van der Waals surface area contributed by atoms with E-state index >= 15 is 0 Å². The van der Waals surface area contributed by atoms with E-state index in [0.717, 1.165) is 23.3 Å². The highest BCUT2D eigenvalue weighted by Crippen LogP contribution is 2.27. The number of halogens is 1. The molecule has 1 aliphatic heterocycles. The second kappa shape index (κ2) is 9.94. The van der Waals surface area contributed by atoms with Gasteiger partial charge in [-0.1, -0.05) is 18.6 Å². The number of amides is 1. The van der Waals surface area contributed by atoms with E-state index in [2.05, 4.69) is 38.3 Å². The third-order valence-corrected chi connectivity index (χ3v) is 5.90. The molecule has 1 heterocycles. The molecule has 0 bridgehead atoms. The van der Waals surface area contributed by atoms with Crippen LogP contribution in [0.3, 0.4) is 0 Å². The molecule has 28 heavy (non-hydrogen) atoms. The van der Waals surface area contributed by atoms with Crippen LogP contribution < -0.4 is 14.8 Å². The number of carbonyl (C=O) groups is 1. The van der Waals surface area contributed by atoms with Crippen LogP contribution in [-0.4, -0.2) is 44.7 Å². The summed E-state index contributed by atoms with van der Waals surface area (Å²) in [5.41, 5.74) is 1.76. The summed E-state index contributed by atoms with van der Waals surface area (Å²) >= 11 is 3.46. The van der Waals surface area contributed by atoms with Gasteiger partial charge in [0.15, 0.2) is 0 Å². The Bertz CT molecular complexity index is 789. The molecule has 1 atom stereocenters. The smallest absolute Gasteiger partial charge is 0.252 e. The molecule has 0 saturated carbocycles. The first-order valence-corrected chi connectivity index (χ1v) is 10.4. The number of nitrogens with one attached hydrogen (secondary N) is 1. The van der Waals surface area contributed by atoms with E-state index in [1.54, 1.807) is 20.3 Å². The molecule has 1 saturated heterocycles. The molecule has 2 aromatic carbocycles. The number of hydrogen-bond acceptors (Lipinski definition) is 4. The van der Waals surface area contributed by atoms with Gasteiger partial charge in [-0.15, -0.1) is 0 Å². The predicted molar refractivity (Wildman–Crippen MR) is 114 cm³/mol. The number of piperidine rings is 1. The number of ether oxygens (including phenoxy) is 2. The molecule has 0 aliphatic carbocycles. The third kappa shape index (κ3) is 5.06. The van der Waals surface area contributed by atoms with Crippen LogP contribution in [0.5, 0.6) is 11.5 Å². The number of methoxy groups -OCH3 is 2. The minimum Gasteiger partial charge on any atom is -0.497 e. The number of nitrogens with zero attached hydrogens (tertiary/aromatic N) is 1. The Balaban J connectivity index is 1.76. The predicted octanol–water partition coefficient (Wildman–Crippen LogP) is 4.42. The maximum Gasteiger partial charge on any atom is 0.252 e. The van der Waals surface area contributed by atoms with Crippen LogP contribution in [0.2, 0.25) is 0 Å². The highest BCUT2D eigenvalue weighted by atomic mass is 79.9. The Morgan fingerprint density at radius 3 is 2.32 bits per heavy atom. The van der Waals surface area contributed by atoms with E-state index < -0.39 is 0 Å². The highest BCUT2D eigenvalue weighted by Gasteiger charge is 2.23. The van der Waals surface area contributed by atoms with Gasteiger partial charge in [0.25, 0.3) is 5.91 Å². The van der Waals surface area contributed by atoms with Crippen molar-refractivity contribution in [2.24, 2.45) is 0 Å². The quantitative estimate of drug-likeness (QED) is 0.683. The van der Waals surface area contributed by atoms with Crippen molar-refractivity contribution in [2.45, 2.75) is 25.3 Å². The summed E-state index contributed by atoms with van der Waals surface area (Å²) in [6.07, 6.45) is 3.67. The first kappa shape index (κ1) is 20.7. The standard InChI is InChI=1S/C22H27BrN2O3/c1-27-17-8-6-16(7-9-17)21(25-12-4-3-5-13-25)15-24-22(26)19-14-18(28-2)10-11-20(19)23/h6-11,14,21H,3-5,12-13,15H2,1-2H3,(H,24,26)/t21-/m0/s1. The van der Waals surface area contributed by atoms with E-state index in [9.17, 15) is 4.79 Å². The van der Waals surface area contributed by atoms with Crippen molar-refractivity contribution in [3.8, 4) is 11.5 Å². The van der Waals surface area contributed by atoms with Gasteiger partial charge in [0, 0.05) is 11.0 Å². The SMILES string of the molecule is COc1ccc([C@H](CNC(=O)c2cc(OC)ccc2Br)N2CCCCC2)cc1. The number of rotatable bonds is 7. The van der Waals surface area contributed by atoms with Gasteiger partial charge in [0.05, 0.1) is 25.8 Å². The molecule has 1 aliphatic rings. The fourth-order valence-electron chi connectivity index (χ4n) is 3.60. The van der Waals surface area contributed by atoms with Crippen molar-refractivity contribution < 1.29 is 14.3 Å². The van der Waals surface area contributed by atoms with Crippen molar-refractivity contribution in [3.63, 3.8) is 0 Å². The molecule has 0 radical (unpaired) electrons. The van der Waals surface area contributed by atoms with Crippen molar-refractivity contribution in [2.75, 3.05) is 33.9 Å². The fourth-order valence-corrected chi connectivity index (χ4v) is 4.03. The molecular formula is C22H27BrN2O3. The van der Waals surface area contributed by atoms with Crippen molar-refractivity contribution in [1.29, 1.82) is 0 Å². The summed E-state index contributed by atoms with van der Waals surface area (Å²) in [6.45, 7) is 2.65. The van der Waals surface area contributed by atoms with E-state index in [1.165, 1.54) is 24.8 Å². The highest BCUT2D eigenvalue weighted by molar-refractivity contribution is 9.10. The molecule has 6 heteroatoms. The van der Waals surface area contributed by atoms with Crippen LogP contribution in [0.1, 0.15) is 41.2 Å². The van der Waals surface area contributed by atoms with Crippen molar-refractivity contribution in [1.82, 2.24) is 10.2 Å². The van der Waals surface area contributed by atoms with Crippen LogP contribution in [-0.2, 0) is 0 Å². The minimum absolute atomic E-state index is 0.110. The Labute approximate surface area is 175 Å². The van der Waals surface area contributed by atoms with Gasteiger partial charge in [-0.3, -0.25) is 9.69 Å². The zero-order valence-electron chi connectivity index (χ0n) is 16.4. The Morgan fingerprint density at radius 1 is 1.04 bits per heavy atom. The van der Waals surface area contributed by atoms with Gasteiger partial charge in [0.1, 0.15) is 11.5 Å². The van der Waals surface area contributed by atoms with Crippen LogP contribution >= 0.6 is 15.9 Å². The van der Waals surface area contributed by atoms with E-state index in [1.807, 2.05) is 24.3 Å². The summed E-state index contributed by atoms with van der Waals surface area (Å²) in [7, 11) is 3.27. The Hall–Kier alpha value is -2.05. The third-order valence-electron chi connectivity index (χ3n) is 5.21. The average Bonchev–Trinajstić information content (AvgIpc) is 2.75. The lowest BCUT2D eigenvalue weighted by Gasteiger charge is -2.35. The fraction of sp³-hybridized carbons (Fsp3) is 0.409. The molecule has 1 N–H and O–H groups in total. The van der Waals surface area contributed by atoms with Gasteiger partial charge < -0.3 is 14.8 Å². The Morgan fingerprint density at radius 2 is 1.68 bits per heavy atom. The molecule has 5 nitrogen and oxygen atoms in total. The van der Waals surface area contributed by atoms with Gasteiger partial charge in [0.2, 0.25) is 0 Å². The van der Waals surface area contributed by atoms with Gasteiger partial charge in [-0.25, -0.2) is 0 Å². The summed E-state index contributed by atoms with van der Waals surface area (Å²) in [5, 5.41) is 3.12. The van der Waals surface area contributed by atoms with Gasteiger partial charge >= 0.3 is 0 Å². The van der Waals surface area contributed by atoms with E-state index in [-0.39, 0.29) is 11.9 Å². The molecule has 2 aromatic rings. The molecule has 0 spiro atoms. The van der Waals surface area contributed by atoms with E-state index in [4.69, 9.17) is 9.47 Å². The monoisotopic (exact) mass is 446 g/mol. The molecule has 0 aromatic heterocycles. The largest absolute Gasteiger partial charge is 0.497 e. The second-order valence-corrected chi connectivity index (χ2v) is 7.80. The molecule has 1 fully saturated rings. The van der Waals surface area contributed by atoms with Gasteiger partial charge in [-0.05, 0) is 77.8 Å². The zero-order valence-corrected chi connectivity index (χ0v) is 18.0. The summed E-state index contributed by atoms with van der Waals surface area (Å²) in [4.78, 5) is 15.3. The lowest BCUT2D eigenvalue weighted by Crippen LogP contribution is -2.40. The number of likely N-dealkylation sites (tertiary alicyclic amines) is 1. The normalized spacial score (nSPS) is 15.7. The van der Waals surface area contributed by atoms with Crippen LogP contribution in [0.4, 0.5) is 0 Å². The van der Waals surface area contributed by atoms with Crippen LogP contribution in [0, 0.1) is 0 Å². The topological polar surface area (TPSA) is 50.8 Å². The first-order valence-electron chi connectivity index (χ1n) is 9.62. The lowest BCUT2D eigenvalue weighted by atomic mass is 10.0. The molecular weight excluding hydrogens is 420 g/mol. The van der Waals surface area contributed by atoms with Crippen molar-refractivity contribution >= 4 is 21.8 Å². The van der Waals surface area contributed by atoms with Gasteiger partial charge in [-0.2, -0.15) is 0 Å². The number of hydrogen-bond donors (Lipinski definition) is 1. The maximum absolute atomic E-state index is 12.8. The van der Waals surface area contributed by atoms with Crippen molar-refractivity contribution in [3.05, 3.63) is 58.1 Å².